The van der Waals surface area contributed by atoms with Gasteiger partial charge in [-0.3, -0.25) is 14.9 Å². The Balaban J connectivity index is 1.99. The van der Waals surface area contributed by atoms with Crippen molar-refractivity contribution in [3.05, 3.63) is 58.3 Å². The molecule has 8 nitrogen and oxygen atoms in total. The summed E-state index contributed by atoms with van der Waals surface area (Å²) in [6, 6.07) is 9.23. The third kappa shape index (κ3) is 4.50. The molecule has 1 atom stereocenters. The van der Waals surface area contributed by atoms with E-state index in [1.165, 1.54) is 17.0 Å². The minimum atomic E-state index is -0.594. The molecule has 2 N–H and O–H groups in total. The van der Waals surface area contributed by atoms with Gasteiger partial charge in [-0.05, 0) is 24.1 Å². The van der Waals surface area contributed by atoms with Gasteiger partial charge in [0.1, 0.15) is 11.9 Å². The standard InChI is InChI=1S/C16H18N4O4/c1-19(2)16(21)14(17)9-11-3-6-13(7-4-11)24-15-8-5-12(10-18-15)20(22)23/h3-8,10,14H,9,17H2,1-2H3/t14-/m0/s1. The lowest BCUT2D eigenvalue weighted by molar-refractivity contribution is -0.385. The second-order valence-electron chi connectivity index (χ2n) is 5.40. The number of carbonyl (C=O) groups is 1. The topological polar surface area (TPSA) is 112 Å². The van der Waals surface area contributed by atoms with Crippen molar-refractivity contribution in [2.75, 3.05) is 14.1 Å². The van der Waals surface area contributed by atoms with Crippen LogP contribution in [0, 0.1) is 10.1 Å². The van der Waals surface area contributed by atoms with E-state index in [1.54, 1.807) is 26.2 Å². The van der Waals surface area contributed by atoms with Crippen molar-refractivity contribution < 1.29 is 14.5 Å². The lowest BCUT2D eigenvalue weighted by atomic mass is 10.1. The largest absolute Gasteiger partial charge is 0.439 e. The Morgan fingerprint density at radius 2 is 1.96 bits per heavy atom. The minimum absolute atomic E-state index is 0.0998. The van der Waals surface area contributed by atoms with Gasteiger partial charge in [0, 0.05) is 26.2 Å². The van der Waals surface area contributed by atoms with E-state index in [2.05, 4.69) is 4.98 Å². The van der Waals surface area contributed by atoms with Gasteiger partial charge in [0.2, 0.25) is 11.8 Å². The molecule has 0 saturated carbocycles. The van der Waals surface area contributed by atoms with Crippen molar-refractivity contribution >= 4 is 11.6 Å². The van der Waals surface area contributed by atoms with Gasteiger partial charge in [-0.1, -0.05) is 12.1 Å². The highest BCUT2D eigenvalue weighted by Crippen LogP contribution is 2.21. The Morgan fingerprint density at radius 1 is 1.29 bits per heavy atom. The fourth-order valence-electron chi connectivity index (χ4n) is 2.03. The zero-order chi connectivity index (χ0) is 17.7. The SMILES string of the molecule is CN(C)C(=O)[C@@H](N)Cc1ccc(Oc2ccc([N+](=O)[O-])cn2)cc1. The molecule has 24 heavy (non-hydrogen) atoms. The number of nitro groups is 1. The normalized spacial score (nSPS) is 11.6. The Kier molecular flexibility index (Phi) is 5.43. The fraction of sp³-hybridized carbons (Fsp3) is 0.250. The molecular weight excluding hydrogens is 312 g/mol. The Morgan fingerprint density at radius 3 is 2.46 bits per heavy atom. The van der Waals surface area contributed by atoms with Gasteiger partial charge in [0.05, 0.1) is 11.0 Å². The van der Waals surface area contributed by atoms with E-state index in [0.717, 1.165) is 11.8 Å². The molecule has 2 aromatic rings. The summed E-state index contributed by atoms with van der Waals surface area (Å²) in [5.74, 6) is 0.658. The van der Waals surface area contributed by atoms with Crippen LogP contribution in [0.2, 0.25) is 0 Å². The van der Waals surface area contributed by atoms with Crippen LogP contribution in [0.3, 0.4) is 0 Å². The number of benzene rings is 1. The van der Waals surface area contributed by atoms with Crippen LogP contribution in [0.1, 0.15) is 5.56 Å². The Bertz CT molecular complexity index is 714. The second-order valence-corrected chi connectivity index (χ2v) is 5.40. The maximum atomic E-state index is 11.8. The van der Waals surface area contributed by atoms with Gasteiger partial charge in [-0.15, -0.1) is 0 Å². The summed E-state index contributed by atoms with van der Waals surface area (Å²) < 4.78 is 5.52. The molecule has 0 spiro atoms. The van der Waals surface area contributed by atoms with Crippen LogP contribution in [-0.2, 0) is 11.2 Å². The fourth-order valence-corrected chi connectivity index (χ4v) is 2.03. The molecule has 0 aliphatic carbocycles. The Hall–Kier alpha value is -3.00. The average molecular weight is 330 g/mol. The Labute approximate surface area is 139 Å². The van der Waals surface area contributed by atoms with Crippen molar-refractivity contribution in [1.82, 2.24) is 9.88 Å². The summed E-state index contributed by atoms with van der Waals surface area (Å²) in [6.45, 7) is 0. The third-order valence-corrected chi connectivity index (χ3v) is 3.29. The van der Waals surface area contributed by atoms with E-state index in [4.69, 9.17) is 10.5 Å². The van der Waals surface area contributed by atoms with Gasteiger partial charge >= 0.3 is 0 Å². The van der Waals surface area contributed by atoms with Gasteiger partial charge < -0.3 is 15.4 Å². The monoisotopic (exact) mass is 330 g/mol. The minimum Gasteiger partial charge on any atom is -0.439 e. The molecule has 0 saturated heterocycles. The van der Waals surface area contributed by atoms with Crippen LogP contribution in [0.15, 0.2) is 42.6 Å². The van der Waals surface area contributed by atoms with E-state index in [0.29, 0.717) is 12.2 Å². The molecule has 0 unspecified atom stereocenters. The average Bonchev–Trinajstić information content (AvgIpc) is 2.56. The zero-order valence-corrected chi connectivity index (χ0v) is 13.4. The summed E-state index contributed by atoms with van der Waals surface area (Å²) in [5, 5.41) is 10.6. The molecule has 1 heterocycles. The molecule has 0 aliphatic heterocycles. The summed E-state index contributed by atoms with van der Waals surface area (Å²) in [7, 11) is 3.33. The molecule has 1 aromatic heterocycles. The van der Waals surface area contributed by atoms with Crippen molar-refractivity contribution in [3.63, 3.8) is 0 Å². The summed E-state index contributed by atoms with van der Waals surface area (Å²) in [4.78, 5) is 27.1. The number of hydrogen-bond acceptors (Lipinski definition) is 6. The molecule has 0 bridgehead atoms. The van der Waals surface area contributed by atoms with E-state index < -0.39 is 11.0 Å². The van der Waals surface area contributed by atoms with E-state index in [9.17, 15) is 14.9 Å². The van der Waals surface area contributed by atoms with Gasteiger partial charge in [0.15, 0.2) is 0 Å². The maximum Gasteiger partial charge on any atom is 0.287 e. The molecule has 0 fully saturated rings. The van der Waals surface area contributed by atoms with E-state index in [1.807, 2.05) is 12.1 Å². The predicted molar refractivity (Wildman–Crippen MR) is 87.8 cm³/mol. The molecular formula is C16H18N4O4. The smallest absolute Gasteiger partial charge is 0.287 e. The number of rotatable bonds is 6. The lowest BCUT2D eigenvalue weighted by Crippen LogP contribution is -2.41. The first-order chi connectivity index (χ1) is 11.4. The summed E-state index contributed by atoms with van der Waals surface area (Å²) in [5.41, 5.74) is 6.67. The van der Waals surface area contributed by atoms with Crippen LogP contribution in [0.25, 0.3) is 0 Å². The predicted octanol–water partition coefficient (Wildman–Crippen LogP) is 1.74. The van der Waals surface area contributed by atoms with Crippen LogP contribution < -0.4 is 10.5 Å². The van der Waals surface area contributed by atoms with Gasteiger partial charge in [-0.25, -0.2) is 4.98 Å². The molecule has 1 amide bonds. The third-order valence-electron chi connectivity index (χ3n) is 3.29. The number of pyridine rings is 1. The van der Waals surface area contributed by atoms with Crippen molar-refractivity contribution in [2.24, 2.45) is 5.73 Å². The number of carbonyl (C=O) groups excluding carboxylic acids is 1. The quantitative estimate of drug-likeness (QED) is 0.638. The van der Waals surface area contributed by atoms with Crippen molar-refractivity contribution in [3.8, 4) is 11.6 Å². The molecule has 0 radical (unpaired) electrons. The summed E-state index contributed by atoms with van der Waals surface area (Å²) in [6.07, 6.45) is 1.56. The van der Waals surface area contributed by atoms with Gasteiger partial charge in [-0.2, -0.15) is 0 Å². The van der Waals surface area contributed by atoms with Crippen LogP contribution in [0.5, 0.6) is 11.6 Å². The highest BCUT2D eigenvalue weighted by atomic mass is 16.6. The first-order valence-corrected chi connectivity index (χ1v) is 7.21. The molecule has 8 heteroatoms. The van der Waals surface area contributed by atoms with Crippen LogP contribution >= 0.6 is 0 Å². The summed E-state index contributed by atoms with van der Waals surface area (Å²) >= 11 is 0. The molecule has 126 valence electrons. The number of nitrogens with zero attached hydrogens (tertiary/aromatic N) is 3. The number of hydrogen-bond donors (Lipinski definition) is 1. The number of aromatic nitrogens is 1. The second kappa shape index (κ2) is 7.51. The molecule has 1 aromatic carbocycles. The van der Waals surface area contributed by atoms with Crippen molar-refractivity contribution in [1.29, 1.82) is 0 Å². The lowest BCUT2D eigenvalue weighted by Gasteiger charge is -2.16. The maximum absolute atomic E-state index is 11.8. The van der Waals surface area contributed by atoms with Gasteiger partial charge in [0.25, 0.3) is 5.69 Å². The van der Waals surface area contributed by atoms with E-state index in [-0.39, 0.29) is 17.5 Å². The molecule has 0 aliphatic rings. The number of likely N-dealkylation sites (N-methyl/N-ethyl adjacent to an activating group) is 1. The van der Waals surface area contributed by atoms with Crippen LogP contribution in [0.4, 0.5) is 5.69 Å². The number of nitrogens with two attached hydrogens (primary N) is 1. The molecule has 2 rings (SSSR count). The number of ether oxygens (including phenoxy) is 1. The van der Waals surface area contributed by atoms with Crippen LogP contribution in [-0.4, -0.2) is 40.9 Å². The first-order valence-electron chi connectivity index (χ1n) is 7.21. The highest BCUT2D eigenvalue weighted by Gasteiger charge is 2.15. The van der Waals surface area contributed by atoms with E-state index >= 15 is 0 Å². The first kappa shape index (κ1) is 17.4. The zero-order valence-electron chi connectivity index (χ0n) is 13.4. The highest BCUT2D eigenvalue weighted by molar-refractivity contribution is 5.81. The van der Waals surface area contributed by atoms with Crippen molar-refractivity contribution in [2.45, 2.75) is 12.5 Å². The number of amides is 1.